The molecule has 3 aromatic carbocycles. The second-order valence-electron chi connectivity index (χ2n) is 8.21. The Balaban J connectivity index is 1.45. The van der Waals surface area contributed by atoms with Crippen LogP contribution in [0.4, 0.5) is 5.69 Å². The largest absolute Gasteiger partial charge is 0.493 e. The molecular formula is C28H27N3O6. The van der Waals surface area contributed by atoms with Crippen molar-refractivity contribution in [2.75, 3.05) is 19.0 Å². The molecule has 0 saturated heterocycles. The normalized spacial score (nSPS) is 11.5. The topological polar surface area (TPSA) is 133 Å². The van der Waals surface area contributed by atoms with E-state index in [2.05, 4.69) is 10.3 Å². The molecule has 4 N–H and O–H groups in total. The summed E-state index contributed by atoms with van der Waals surface area (Å²) in [6.07, 6.45) is 2.41. The monoisotopic (exact) mass is 501 g/mol. The van der Waals surface area contributed by atoms with E-state index in [9.17, 15) is 9.59 Å². The van der Waals surface area contributed by atoms with Crippen LogP contribution in [0.1, 0.15) is 23.2 Å². The van der Waals surface area contributed by atoms with Crippen molar-refractivity contribution in [3.05, 3.63) is 84.6 Å². The van der Waals surface area contributed by atoms with Crippen LogP contribution in [-0.2, 0) is 4.79 Å². The molecule has 1 aromatic heterocycles. The van der Waals surface area contributed by atoms with Gasteiger partial charge in [-0.15, -0.1) is 0 Å². The number of carboxylic acid groups (broad SMARTS) is 1. The smallest absolute Gasteiger partial charge is 0.320 e. The Kier molecular flexibility index (Phi) is 8.17. The summed E-state index contributed by atoms with van der Waals surface area (Å²) in [6, 6.07) is 20.4. The number of amides is 1. The number of fused-ring (bicyclic) bond motifs is 1. The lowest BCUT2D eigenvalue weighted by molar-refractivity contribution is -0.138. The van der Waals surface area contributed by atoms with Crippen molar-refractivity contribution in [2.24, 2.45) is 5.73 Å². The first-order valence-corrected chi connectivity index (χ1v) is 11.7. The fraction of sp³-hybridized carbons (Fsp3) is 0.179. The van der Waals surface area contributed by atoms with Crippen molar-refractivity contribution in [3.63, 3.8) is 0 Å². The van der Waals surface area contributed by atoms with Crippen molar-refractivity contribution in [2.45, 2.75) is 18.9 Å². The summed E-state index contributed by atoms with van der Waals surface area (Å²) in [6.45, 7) is 0.284. The summed E-state index contributed by atoms with van der Waals surface area (Å²) in [5, 5.41) is 12.5. The maximum Gasteiger partial charge on any atom is 0.320 e. The van der Waals surface area contributed by atoms with Crippen molar-refractivity contribution in [1.82, 2.24) is 4.98 Å². The molecule has 0 spiro atoms. The number of carbonyl (C=O) groups excluding carboxylic acids is 1. The summed E-state index contributed by atoms with van der Waals surface area (Å²) in [5.41, 5.74) is 7.40. The predicted molar refractivity (Wildman–Crippen MR) is 140 cm³/mol. The van der Waals surface area contributed by atoms with Gasteiger partial charge in [-0.3, -0.25) is 14.6 Å². The van der Waals surface area contributed by atoms with E-state index in [1.54, 1.807) is 60.8 Å². The lowest BCUT2D eigenvalue weighted by Gasteiger charge is -2.14. The van der Waals surface area contributed by atoms with Crippen molar-refractivity contribution in [3.8, 4) is 23.0 Å². The summed E-state index contributed by atoms with van der Waals surface area (Å²) < 4.78 is 17.4. The van der Waals surface area contributed by atoms with Gasteiger partial charge >= 0.3 is 5.97 Å². The summed E-state index contributed by atoms with van der Waals surface area (Å²) in [5.74, 6) is 0.910. The minimum atomic E-state index is -1.04. The Hall–Kier alpha value is -4.63. The van der Waals surface area contributed by atoms with Gasteiger partial charge in [-0.25, -0.2) is 0 Å². The molecule has 37 heavy (non-hydrogen) atoms. The zero-order valence-corrected chi connectivity index (χ0v) is 20.2. The number of methoxy groups -OCH3 is 1. The molecule has 1 amide bonds. The SMILES string of the molecule is COc1cc2c(Oc3ccc(NC(=O)c4ccccc4)cc3)ccnc2cc1OCCC[C@@H](N)C(=O)O. The number of nitrogens with two attached hydrogens (primary N) is 1. The Morgan fingerprint density at radius 2 is 1.76 bits per heavy atom. The lowest BCUT2D eigenvalue weighted by atomic mass is 10.1. The van der Waals surface area contributed by atoms with Crippen molar-refractivity contribution >= 4 is 28.5 Å². The number of anilines is 1. The highest BCUT2D eigenvalue weighted by atomic mass is 16.5. The van der Waals surface area contributed by atoms with Crippen LogP contribution in [0.15, 0.2) is 79.0 Å². The summed E-state index contributed by atoms with van der Waals surface area (Å²) in [4.78, 5) is 27.6. The molecule has 0 radical (unpaired) electrons. The highest BCUT2D eigenvalue weighted by Crippen LogP contribution is 2.37. The number of pyridine rings is 1. The first-order valence-electron chi connectivity index (χ1n) is 11.7. The fourth-order valence-corrected chi connectivity index (χ4v) is 3.62. The lowest BCUT2D eigenvalue weighted by Crippen LogP contribution is -2.30. The molecule has 0 aliphatic heterocycles. The van der Waals surface area contributed by atoms with Crippen LogP contribution in [0.25, 0.3) is 10.9 Å². The highest BCUT2D eigenvalue weighted by molar-refractivity contribution is 6.04. The van der Waals surface area contributed by atoms with Crippen LogP contribution in [-0.4, -0.2) is 41.7 Å². The van der Waals surface area contributed by atoms with Gasteiger partial charge in [0.25, 0.3) is 5.91 Å². The maximum absolute atomic E-state index is 12.4. The number of rotatable bonds is 11. The average molecular weight is 502 g/mol. The van der Waals surface area contributed by atoms with Gasteiger partial charge in [0, 0.05) is 28.9 Å². The number of aliphatic carboxylic acids is 1. The average Bonchev–Trinajstić information content (AvgIpc) is 2.92. The molecule has 0 fully saturated rings. The Morgan fingerprint density at radius 1 is 1.00 bits per heavy atom. The van der Waals surface area contributed by atoms with Crippen LogP contribution < -0.4 is 25.3 Å². The number of nitrogens with one attached hydrogen (secondary N) is 1. The summed E-state index contributed by atoms with van der Waals surface area (Å²) in [7, 11) is 1.54. The molecule has 1 atom stereocenters. The first kappa shape index (κ1) is 25.5. The molecule has 190 valence electrons. The van der Waals surface area contributed by atoms with E-state index in [1.807, 2.05) is 18.2 Å². The van der Waals surface area contributed by atoms with Gasteiger partial charge in [0.2, 0.25) is 0 Å². The second kappa shape index (κ2) is 11.9. The maximum atomic E-state index is 12.4. The zero-order chi connectivity index (χ0) is 26.2. The summed E-state index contributed by atoms with van der Waals surface area (Å²) >= 11 is 0. The Labute approximate surface area is 213 Å². The number of benzene rings is 3. The molecular weight excluding hydrogens is 474 g/mol. The van der Waals surface area contributed by atoms with Gasteiger partial charge < -0.3 is 30.4 Å². The molecule has 0 saturated carbocycles. The molecule has 0 aliphatic carbocycles. The second-order valence-corrected chi connectivity index (χ2v) is 8.21. The van der Waals surface area contributed by atoms with Gasteiger partial charge in [-0.1, -0.05) is 18.2 Å². The minimum Gasteiger partial charge on any atom is -0.493 e. The standard InChI is InChI=1S/C28H27N3O6/c1-35-25-16-21-23(17-26(25)36-15-5-8-22(29)28(33)34)30-14-13-24(21)37-20-11-9-19(10-12-20)31-27(32)18-6-3-2-4-7-18/h2-4,6-7,9-14,16-17,22H,5,8,15,29H2,1H3,(H,31,32)(H,33,34)/t22-/m1/s1. The zero-order valence-electron chi connectivity index (χ0n) is 20.2. The molecule has 9 nitrogen and oxygen atoms in total. The quantitative estimate of drug-likeness (QED) is 0.248. The van der Waals surface area contributed by atoms with E-state index < -0.39 is 12.0 Å². The van der Waals surface area contributed by atoms with E-state index >= 15 is 0 Å². The van der Waals surface area contributed by atoms with Gasteiger partial charge in [0.1, 0.15) is 17.5 Å². The van der Waals surface area contributed by atoms with E-state index in [-0.39, 0.29) is 12.5 Å². The predicted octanol–water partition coefficient (Wildman–Crippen LogP) is 4.86. The highest BCUT2D eigenvalue weighted by Gasteiger charge is 2.14. The molecule has 4 rings (SSSR count). The molecule has 4 aromatic rings. The molecule has 1 heterocycles. The first-order chi connectivity index (χ1) is 17.9. The fourth-order valence-electron chi connectivity index (χ4n) is 3.62. The van der Waals surface area contributed by atoms with Crippen LogP contribution in [0.2, 0.25) is 0 Å². The molecule has 0 aliphatic rings. The third kappa shape index (κ3) is 6.53. The van der Waals surface area contributed by atoms with E-state index in [4.69, 9.17) is 25.1 Å². The van der Waals surface area contributed by atoms with Gasteiger partial charge in [0.15, 0.2) is 11.5 Å². The number of ether oxygens (including phenoxy) is 3. The number of hydrogen-bond acceptors (Lipinski definition) is 7. The number of aromatic nitrogens is 1. The number of hydrogen-bond donors (Lipinski definition) is 3. The Morgan fingerprint density at radius 3 is 2.46 bits per heavy atom. The molecule has 9 heteroatoms. The Bertz CT molecular complexity index is 1380. The van der Waals surface area contributed by atoms with Crippen molar-refractivity contribution in [1.29, 1.82) is 0 Å². The number of carboxylic acids is 1. The van der Waals surface area contributed by atoms with Crippen LogP contribution >= 0.6 is 0 Å². The third-order valence-electron chi connectivity index (χ3n) is 5.60. The van der Waals surface area contributed by atoms with Crippen LogP contribution in [0.3, 0.4) is 0 Å². The van der Waals surface area contributed by atoms with Crippen LogP contribution in [0, 0.1) is 0 Å². The van der Waals surface area contributed by atoms with E-state index in [1.165, 1.54) is 7.11 Å². The number of nitrogens with zero attached hydrogens (tertiary/aromatic N) is 1. The van der Waals surface area contributed by atoms with Gasteiger partial charge in [0.05, 0.1) is 19.2 Å². The van der Waals surface area contributed by atoms with E-state index in [0.29, 0.717) is 52.6 Å². The minimum absolute atomic E-state index is 0.191. The number of carbonyl (C=O) groups is 2. The van der Waals surface area contributed by atoms with Gasteiger partial charge in [-0.2, -0.15) is 0 Å². The van der Waals surface area contributed by atoms with Crippen molar-refractivity contribution < 1.29 is 28.9 Å². The van der Waals surface area contributed by atoms with E-state index in [0.717, 1.165) is 5.39 Å². The molecule has 0 unspecified atom stereocenters. The van der Waals surface area contributed by atoms with Gasteiger partial charge in [-0.05, 0) is 61.4 Å². The van der Waals surface area contributed by atoms with Crippen LogP contribution in [0.5, 0.6) is 23.0 Å². The molecule has 0 bridgehead atoms. The third-order valence-corrected chi connectivity index (χ3v) is 5.60.